The fraction of sp³-hybridized carbons (Fsp3) is 0.429. The van der Waals surface area contributed by atoms with Gasteiger partial charge in [0.15, 0.2) is 5.69 Å². The zero-order valence-electron chi connectivity index (χ0n) is 11.6. The van der Waals surface area contributed by atoms with Gasteiger partial charge in [-0.1, -0.05) is 13.8 Å². The SMILES string of the molecule is Cc1ccn2c(C(C)C)nc(C(=O)N(C)C)c2c1. The number of pyridine rings is 1. The summed E-state index contributed by atoms with van der Waals surface area (Å²) in [5.41, 5.74) is 2.55. The van der Waals surface area contributed by atoms with Crippen LogP contribution in [0.25, 0.3) is 5.52 Å². The van der Waals surface area contributed by atoms with Gasteiger partial charge in [0, 0.05) is 26.2 Å². The summed E-state index contributed by atoms with van der Waals surface area (Å²) in [4.78, 5) is 18.2. The highest BCUT2D eigenvalue weighted by Crippen LogP contribution is 2.21. The van der Waals surface area contributed by atoms with E-state index in [1.807, 2.05) is 29.7 Å². The van der Waals surface area contributed by atoms with E-state index in [0.717, 1.165) is 16.9 Å². The number of hydrogen-bond donors (Lipinski definition) is 0. The Hall–Kier alpha value is -1.84. The summed E-state index contributed by atoms with van der Waals surface area (Å²) in [6.45, 7) is 6.18. The molecular weight excluding hydrogens is 226 g/mol. The molecule has 0 saturated heterocycles. The minimum atomic E-state index is -0.0509. The molecule has 0 aliphatic heterocycles. The van der Waals surface area contributed by atoms with Crippen LogP contribution in [0.5, 0.6) is 0 Å². The van der Waals surface area contributed by atoms with Crippen molar-refractivity contribution in [3.05, 3.63) is 35.4 Å². The maximum Gasteiger partial charge on any atom is 0.274 e. The van der Waals surface area contributed by atoms with Gasteiger partial charge in [-0.15, -0.1) is 0 Å². The molecule has 0 bridgehead atoms. The van der Waals surface area contributed by atoms with E-state index in [1.54, 1.807) is 19.0 Å². The number of rotatable bonds is 2. The predicted molar refractivity (Wildman–Crippen MR) is 72.0 cm³/mol. The third-order valence-electron chi connectivity index (χ3n) is 2.95. The first-order valence-corrected chi connectivity index (χ1v) is 6.12. The molecule has 0 aromatic carbocycles. The lowest BCUT2D eigenvalue weighted by Crippen LogP contribution is -2.22. The van der Waals surface area contributed by atoms with Crippen LogP contribution in [0.15, 0.2) is 18.3 Å². The van der Waals surface area contributed by atoms with Crippen molar-refractivity contribution in [3.63, 3.8) is 0 Å². The maximum absolute atomic E-state index is 12.2. The lowest BCUT2D eigenvalue weighted by Gasteiger charge is -2.07. The normalized spacial score (nSPS) is 11.2. The molecule has 2 rings (SSSR count). The molecule has 2 aromatic rings. The average molecular weight is 245 g/mol. The Labute approximate surface area is 107 Å². The van der Waals surface area contributed by atoms with Gasteiger partial charge < -0.3 is 9.30 Å². The Morgan fingerprint density at radius 3 is 2.61 bits per heavy atom. The highest BCUT2D eigenvalue weighted by Gasteiger charge is 2.20. The van der Waals surface area contributed by atoms with Gasteiger partial charge in [-0.05, 0) is 24.6 Å². The average Bonchev–Trinajstić information content (AvgIpc) is 2.66. The first-order chi connectivity index (χ1) is 8.41. The van der Waals surface area contributed by atoms with Crippen LogP contribution >= 0.6 is 0 Å². The Kier molecular flexibility index (Phi) is 3.11. The Morgan fingerprint density at radius 1 is 1.39 bits per heavy atom. The molecule has 96 valence electrons. The van der Waals surface area contributed by atoms with E-state index in [2.05, 4.69) is 18.8 Å². The quantitative estimate of drug-likeness (QED) is 0.815. The van der Waals surface area contributed by atoms with E-state index in [1.165, 1.54) is 0 Å². The minimum absolute atomic E-state index is 0.0509. The molecular formula is C14H19N3O. The van der Waals surface area contributed by atoms with E-state index >= 15 is 0 Å². The molecule has 0 radical (unpaired) electrons. The lowest BCUT2D eigenvalue weighted by atomic mass is 10.2. The number of aryl methyl sites for hydroxylation is 1. The molecule has 2 aromatic heterocycles. The smallest absolute Gasteiger partial charge is 0.274 e. The van der Waals surface area contributed by atoms with Gasteiger partial charge in [0.05, 0.1) is 5.52 Å². The van der Waals surface area contributed by atoms with E-state index < -0.39 is 0 Å². The number of imidazole rings is 1. The zero-order chi connectivity index (χ0) is 13.4. The highest BCUT2D eigenvalue weighted by atomic mass is 16.2. The van der Waals surface area contributed by atoms with Crippen molar-refractivity contribution < 1.29 is 4.79 Å². The second-order valence-electron chi connectivity index (χ2n) is 5.13. The number of amides is 1. The van der Waals surface area contributed by atoms with Crippen LogP contribution in [0.1, 0.15) is 41.6 Å². The molecule has 0 N–H and O–H groups in total. The Morgan fingerprint density at radius 2 is 2.06 bits per heavy atom. The molecule has 2 heterocycles. The molecule has 0 atom stereocenters. The van der Waals surface area contributed by atoms with E-state index in [4.69, 9.17) is 0 Å². The topological polar surface area (TPSA) is 37.6 Å². The second kappa shape index (κ2) is 4.44. The van der Waals surface area contributed by atoms with Gasteiger partial charge in [-0.25, -0.2) is 4.98 Å². The third-order valence-corrected chi connectivity index (χ3v) is 2.95. The van der Waals surface area contributed by atoms with Crippen molar-refractivity contribution in [3.8, 4) is 0 Å². The lowest BCUT2D eigenvalue weighted by molar-refractivity contribution is 0.0824. The summed E-state index contributed by atoms with van der Waals surface area (Å²) >= 11 is 0. The van der Waals surface area contributed by atoms with Crippen LogP contribution in [0.4, 0.5) is 0 Å². The number of nitrogens with zero attached hydrogens (tertiary/aromatic N) is 3. The molecule has 4 heteroatoms. The minimum Gasteiger partial charge on any atom is -0.343 e. The van der Waals surface area contributed by atoms with Crippen LogP contribution in [-0.4, -0.2) is 34.3 Å². The molecule has 0 spiro atoms. The number of hydrogen-bond acceptors (Lipinski definition) is 2. The molecule has 1 amide bonds. The monoisotopic (exact) mass is 245 g/mol. The van der Waals surface area contributed by atoms with E-state index in [9.17, 15) is 4.79 Å². The first kappa shape index (κ1) is 12.6. The summed E-state index contributed by atoms with van der Waals surface area (Å²) < 4.78 is 2.01. The van der Waals surface area contributed by atoms with Crippen LogP contribution in [0.3, 0.4) is 0 Å². The van der Waals surface area contributed by atoms with Crippen molar-refractivity contribution in [1.82, 2.24) is 14.3 Å². The van der Waals surface area contributed by atoms with Gasteiger partial charge in [0.25, 0.3) is 5.91 Å². The predicted octanol–water partition coefficient (Wildman–Crippen LogP) is 2.47. The molecule has 0 unspecified atom stereocenters. The van der Waals surface area contributed by atoms with E-state index in [-0.39, 0.29) is 11.8 Å². The van der Waals surface area contributed by atoms with Crippen LogP contribution in [0.2, 0.25) is 0 Å². The van der Waals surface area contributed by atoms with Gasteiger partial charge in [-0.2, -0.15) is 0 Å². The maximum atomic E-state index is 12.2. The third kappa shape index (κ3) is 1.98. The highest BCUT2D eigenvalue weighted by molar-refractivity contribution is 5.99. The number of aromatic nitrogens is 2. The van der Waals surface area contributed by atoms with Crippen LogP contribution < -0.4 is 0 Å². The summed E-state index contributed by atoms with van der Waals surface area (Å²) in [6.07, 6.45) is 1.99. The molecule has 0 aliphatic rings. The van der Waals surface area contributed by atoms with Gasteiger partial charge >= 0.3 is 0 Å². The van der Waals surface area contributed by atoms with Crippen molar-refractivity contribution in [2.24, 2.45) is 0 Å². The molecule has 0 fully saturated rings. The van der Waals surface area contributed by atoms with Crippen molar-refractivity contribution in [1.29, 1.82) is 0 Å². The number of fused-ring (bicyclic) bond motifs is 1. The van der Waals surface area contributed by atoms with Crippen molar-refractivity contribution in [2.75, 3.05) is 14.1 Å². The summed E-state index contributed by atoms with van der Waals surface area (Å²) in [5, 5.41) is 0. The molecule has 0 saturated carbocycles. The molecule has 18 heavy (non-hydrogen) atoms. The zero-order valence-corrected chi connectivity index (χ0v) is 11.6. The van der Waals surface area contributed by atoms with Crippen molar-refractivity contribution in [2.45, 2.75) is 26.7 Å². The number of carbonyl (C=O) groups excluding carboxylic acids is 1. The summed E-state index contributed by atoms with van der Waals surface area (Å²) in [5.74, 6) is 1.16. The van der Waals surface area contributed by atoms with Gasteiger partial charge in [-0.3, -0.25) is 4.79 Å². The van der Waals surface area contributed by atoms with Crippen LogP contribution in [0, 0.1) is 6.92 Å². The standard InChI is InChI=1S/C14H19N3O/c1-9(2)13-15-12(14(18)16(4)5)11-8-10(3)6-7-17(11)13/h6-9H,1-5H3. The molecule has 4 nitrogen and oxygen atoms in total. The largest absolute Gasteiger partial charge is 0.343 e. The summed E-state index contributed by atoms with van der Waals surface area (Å²) in [7, 11) is 3.50. The Bertz CT molecular complexity index is 596. The first-order valence-electron chi connectivity index (χ1n) is 6.12. The fourth-order valence-electron chi connectivity index (χ4n) is 1.99. The van der Waals surface area contributed by atoms with Gasteiger partial charge in [0.2, 0.25) is 0 Å². The Balaban J connectivity index is 2.73. The van der Waals surface area contributed by atoms with E-state index in [0.29, 0.717) is 5.69 Å². The molecule has 0 aliphatic carbocycles. The summed E-state index contributed by atoms with van der Waals surface area (Å²) in [6, 6.07) is 4.04. The van der Waals surface area contributed by atoms with Crippen molar-refractivity contribution >= 4 is 11.4 Å². The fourth-order valence-corrected chi connectivity index (χ4v) is 1.99. The number of carbonyl (C=O) groups is 1. The van der Waals surface area contributed by atoms with Crippen LogP contribution in [-0.2, 0) is 0 Å². The van der Waals surface area contributed by atoms with Gasteiger partial charge in [0.1, 0.15) is 5.82 Å². The second-order valence-corrected chi connectivity index (χ2v) is 5.13.